The maximum absolute atomic E-state index is 13.4. The number of rotatable bonds is 8. The van der Waals surface area contributed by atoms with E-state index in [0.717, 1.165) is 18.4 Å². The van der Waals surface area contributed by atoms with Crippen LogP contribution in [0.5, 0.6) is 0 Å². The predicted molar refractivity (Wildman–Crippen MR) is 94.1 cm³/mol. The summed E-state index contributed by atoms with van der Waals surface area (Å²) in [6.07, 6.45) is 2.02. The average molecular weight is 356 g/mol. The second-order valence-corrected chi connectivity index (χ2v) is 8.04. The lowest BCUT2D eigenvalue weighted by Crippen LogP contribution is -2.44. The number of halogens is 1. The number of nitrogens with one attached hydrogen (secondary N) is 3. The van der Waals surface area contributed by atoms with Crippen LogP contribution in [0.2, 0.25) is 0 Å². The summed E-state index contributed by atoms with van der Waals surface area (Å²) in [4.78, 5) is 4.13. The number of hydrogen-bond acceptors (Lipinski definition) is 3. The molecule has 1 fully saturated rings. The van der Waals surface area contributed by atoms with Crippen molar-refractivity contribution in [2.75, 3.05) is 32.4 Å². The molecule has 1 aromatic rings. The van der Waals surface area contributed by atoms with Gasteiger partial charge in [0.25, 0.3) is 0 Å². The van der Waals surface area contributed by atoms with Crippen molar-refractivity contribution in [3.63, 3.8) is 0 Å². The third-order valence-corrected chi connectivity index (χ3v) is 5.63. The highest BCUT2D eigenvalue weighted by Gasteiger charge is 2.44. The van der Waals surface area contributed by atoms with E-state index in [1.54, 1.807) is 26.1 Å². The molecule has 0 aromatic heterocycles. The molecule has 2 rings (SSSR count). The molecule has 0 aliphatic heterocycles. The Balaban J connectivity index is 1.80. The van der Waals surface area contributed by atoms with Gasteiger partial charge in [0.05, 0.1) is 5.75 Å². The molecule has 0 saturated heterocycles. The second-order valence-electron chi connectivity index (χ2n) is 5.94. The quantitative estimate of drug-likeness (QED) is 0.368. The molecule has 1 aromatic carbocycles. The highest BCUT2D eigenvalue weighted by Crippen LogP contribution is 2.47. The minimum Gasteiger partial charge on any atom is -0.356 e. The van der Waals surface area contributed by atoms with Gasteiger partial charge in [-0.1, -0.05) is 12.1 Å². The summed E-state index contributed by atoms with van der Waals surface area (Å²) in [6.45, 7) is 2.99. The van der Waals surface area contributed by atoms with Gasteiger partial charge in [0, 0.05) is 32.1 Å². The van der Waals surface area contributed by atoms with Crippen molar-refractivity contribution in [2.24, 2.45) is 4.99 Å². The van der Waals surface area contributed by atoms with Crippen molar-refractivity contribution >= 4 is 16.0 Å². The van der Waals surface area contributed by atoms with Gasteiger partial charge in [0.1, 0.15) is 5.82 Å². The first-order chi connectivity index (χ1) is 11.4. The number of sulfonamides is 1. The number of guanidine groups is 1. The van der Waals surface area contributed by atoms with E-state index in [2.05, 4.69) is 20.3 Å². The van der Waals surface area contributed by atoms with Crippen LogP contribution in [0.15, 0.2) is 29.3 Å². The molecule has 1 saturated carbocycles. The van der Waals surface area contributed by atoms with Crippen LogP contribution in [-0.4, -0.2) is 46.8 Å². The minimum absolute atomic E-state index is 0.0382. The molecule has 0 heterocycles. The highest BCUT2D eigenvalue weighted by molar-refractivity contribution is 7.89. The number of aliphatic imine (C=N–C) groups is 1. The average Bonchev–Trinajstić information content (AvgIpc) is 3.35. The molecule has 0 atom stereocenters. The van der Waals surface area contributed by atoms with E-state index in [-0.39, 0.29) is 17.0 Å². The summed E-state index contributed by atoms with van der Waals surface area (Å²) in [6, 6.07) is 6.72. The molecule has 0 unspecified atom stereocenters. The van der Waals surface area contributed by atoms with E-state index >= 15 is 0 Å². The van der Waals surface area contributed by atoms with E-state index in [1.165, 1.54) is 6.07 Å². The Bertz CT molecular complexity index is 687. The molecule has 3 N–H and O–H groups in total. The van der Waals surface area contributed by atoms with Gasteiger partial charge in [0.15, 0.2) is 5.96 Å². The summed E-state index contributed by atoms with van der Waals surface area (Å²) >= 11 is 0. The lowest BCUT2D eigenvalue weighted by Gasteiger charge is -2.19. The number of benzene rings is 1. The molecular weight excluding hydrogens is 331 g/mol. The summed E-state index contributed by atoms with van der Waals surface area (Å²) in [7, 11) is -1.52. The van der Waals surface area contributed by atoms with Gasteiger partial charge in [-0.3, -0.25) is 4.99 Å². The monoisotopic (exact) mass is 356 g/mol. The predicted octanol–water partition coefficient (Wildman–Crippen LogP) is 0.962. The largest absolute Gasteiger partial charge is 0.356 e. The zero-order valence-corrected chi connectivity index (χ0v) is 14.9. The zero-order chi connectivity index (χ0) is 17.6. The molecule has 0 bridgehead atoms. The Morgan fingerprint density at radius 2 is 2.04 bits per heavy atom. The fourth-order valence-electron chi connectivity index (χ4n) is 2.50. The third kappa shape index (κ3) is 5.17. The van der Waals surface area contributed by atoms with Gasteiger partial charge < -0.3 is 10.6 Å². The lowest BCUT2D eigenvalue weighted by atomic mass is 9.96. The Kier molecular flexibility index (Phi) is 6.17. The summed E-state index contributed by atoms with van der Waals surface area (Å²) in [5.41, 5.74) is 0.963. The van der Waals surface area contributed by atoms with Crippen LogP contribution in [0.3, 0.4) is 0 Å². The van der Waals surface area contributed by atoms with Crippen molar-refractivity contribution in [2.45, 2.75) is 25.2 Å². The fraction of sp³-hybridized carbons (Fsp3) is 0.562. The van der Waals surface area contributed by atoms with E-state index in [1.807, 2.05) is 6.07 Å². The summed E-state index contributed by atoms with van der Waals surface area (Å²) in [5.74, 6) is 0.453. The molecular formula is C16H25FN4O2S. The molecule has 1 aliphatic rings. The Morgan fingerprint density at radius 1 is 1.29 bits per heavy atom. The first kappa shape index (κ1) is 18.7. The second kappa shape index (κ2) is 7.94. The first-order valence-corrected chi connectivity index (χ1v) is 9.74. The van der Waals surface area contributed by atoms with Gasteiger partial charge in [-0.25, -0.2) is 17.5 Å². The fourth-order valence-corrected chi connectivity index (χ4v) is 3.12. The summed E-state index contributed by atoms with van der Waals surface area (Å²) < 4.78 is 38.6. The van der Waals surface area contributed by atoms with Gasteiger partial charge in [0.2, 0.25) is 10.0 Å². The van der Waals surface area contributed by atoms with Crippen molar-refractivity contribution in [1.29, 1.82) is 0 Å². The topological polar surface area (TPSA) is 82.6 Å². The van der Waals surface area contributed by atoms with Gasteiger partial charge >= 0.3 is 0 Å². The minimum atomic E-state index is -3.18. The van der Waals surface area contributed by atoms with Crippen molar-refractivity contribution in [3.05, 3.63) is 35.6 Å². The molecule has 1 aliphatic carbocycles. The first-order valence-electron chi connectivity index (χ1n) is 8.09. The Labute approximate surface area is 143 Å². The van der Waals surface area contributed by atoms with Gasteiger partial charge in [-0.15, -0.1) is 0 Å². The van der Waals surface area contributed by atoms with Gasteiger partial charge in [-0.2, -0.15) is 0 Å². The van der Waals surface area contributed by atoms with Crippen molar-refractivity contribution < 1.29 is 12.8 Å². The standard InChI is InChI=1S/C16H25FN4O2S/c1-3-24(22,23)21-10-9-19-15(18-2)20-12-16(7-8-16)13-5-4-6-14(17)11-13/h4-6,11,21H,3,7-10,12H2,1-2H3,(H2,18,19,20). The van der Waals surface area contributed by atoms with E-state index < -0.39 is 10.0 Å². The molecule has 134 valence electrons. The normalized spacial score (nSPS) is 16.7. The Morgan fingerprint density at radius 3 is 2.62 bits per heavy atom. The van der Waals surface area contributed by atoms with Crippen LogP contribution in [-0.2, 0) is 15.4 Å². The maximum Gasteiger partial charge on any atom is 0.211 e. The van der Waals surface area contributed by atoms with Gasteiger partial charge in [-0.05, 0) is 37.5 Å². The highest BCUT2D eigenvalue weighted by atomic mass is 32.2. The molecule has 0 amide bonds. The Hall–Kier alpha value is -1.67. The van der Waals surface area contributed by atoms with Crippen LogP contribution in [0, 0.1) is 5.82 Å². The zero-order valence-electron chi connectivity index (χ0n) is 14.1. The van der Waals surface area contributed by atoms with Crippen molar-refractivity contribution in [1.82, 2.24) is 15.4 Å². The molecule has 0 radical (unpaired) electrons. The molecule has 6 nitrogen and oxygen atoms in total. The summed E-state index contributed by atoms with van der Waals surface area (Å²) in [5, 5.41) is 6.31. The van der Waals surface area contributed by atoms with E-state index in [0.29, 0.717) is 25.6 Å². The van der Waals surface area contributed by atoms with Crippen LogP contribution in [0.25, 0.3) is 0 Å². The SMILES string of the molecule is CCS(=O)(=O)NCCNC(=NC)NCC1(c2cccc(F)c2)CC1. The van der Waals surface area contributed by atoms with E-state index in [4.69, 9.17) is 0 Å². The number of nitrogens with zero attached hydrogens (tertiary/aromatic N) is 1. The molecule has 8 heteroatoms. The molecule has 0 spiro atoms. The van der Waals surface area contributed by atoms with Crippen LogP contribution in [0.1, 0.15) is 25.3 Å². The third-order valence-electron chi connectivity index (χ3n) is 4.23. The van der Waals surface area contributed by atoms with Crippen molar-refractivity contribution in [3.8, 4) is 0 Å². The molecule has 24 heavy (non-hydrogen) atoms. The van der Waals surface area contributed by atoms with Crippen LogP contribution in [0.4, 0.5) is 4.39 Å². The lowest BCUT2D eigenvalue weighted by molar-refractivity contribution is 0.581. The smallest absolute Gasteiger partial charge is 0.211 e. The van der Waals surface area contributed by atoms with Crippen LogP contribution >= 0.6 is 0 Å². The maximum atomic E-state index is 13.4. The van der Waals surface area contributed by atoms with Crippen LogP contribution < -0.4 is 15.4 Å². The number of hydrogen-bond donors (Lipinski definition) is 3. The van der Waals surface area contributed by atoms with E-state index in [9.17, 15) is 12.8 Å².